The summed E-state index contributed by atoms with van der Waals surface area (Å²) in [5, 5.41) is 0.649. The van der Waals surface area contributed by atoms with Crippen molar-refractivity contribution in [3.05, 3.63) is 47.1 Å². The first kappa shape index (κ1) is 14.7. The van der Waals surface area contributed by atoms with Crippen molar-refractivity contribution in [1.82, 2.24) is 19.9 Å². The van der Waals surface area contributed by atoms with Crippen LogP contribution in [0.15, 0.2) is 36.5 Å². The van der Waals surface area contributed by atoms with E-state index < -0.39 is 0 Å². The van der Waals surface area contributed by atoms with Gasteiger partial charge in [-0.3, -0.25) is 4.90 Å². The molecule has 1 aliphatic heterocycles. The van der Waals surface area contributed by atoms with E-state index in [0.717, 1.165) is 23.4 Å². The molecule has 1 fully saturated rings. The highest BCUT2D eigenvalue weighted by molar-refractivity contribution is 6.34. The molecule has 0 amide bonds. The monoisotopic (exact) mass is 326 g/mol. The Hall–Kier alpha value is -1.91. The van der Waals surface area contributed by atoms with E-state index in [0.29, 0.717) is 10.7 Å². The van der Waals surface area contributed by atoms with Gasteiger partial charge in [-0.2, -0.15) is 0 Å². The Morgan fingerprint density at radius 1 is 1.04 bits per heavy atom. The third-order valence-corrected chi connectivity index (χ3v) is 4.74. The van der Waals surface area contributed by atoms with Crippen molar-refractivity contribution in [2.45, 2.75) is 25.8 Å². The zero-order valence-electron chi connectivity index (χ0n) is 12.9. The molecule has 2 aromatic heterocycles. The van der Waals surface area contributed by atoms with Crippen molar-refractivity contribution in [3.63, 3.8) is 0 Å². The van der Waals surface area contributed by atoms with E-state index in [-0.39, 0.29) is 0 Å². The summed E-state index contributed by atoms with van der Waals surface area (Å²) in [4.78, 5) is 14.6. The minimum atomic E-state index is 0.649. The topological polar surface area (TPSA) is 44.8 Å². The first-order chi connectivity index (χ1) is 11.3. The normalized spacial score (nSPS) is 16.0. The Kier molecular flexibility index (Phi) is 4.02. The third kappa shape index (κ3) is 3.09. The maximum atomic E-state index is 6.17. The summed E-state index contributed by atoms with van der Waals surface area (Å²) in [6.45, 7) is 3.47. The number of hydrogen-bond acceptors (Lipinski definition) is 3. The second-order valence-electron chi connectivity index (χ2n) is 6.11. The number of H-pyrrole nitrogens is 1. The molecule has 118 valence electrons. The molecule has 3 heterocycles. The van der Waals surface area contributed by atoms with Crippen LogP contribution < -0.4 is 0 Å². The number of aromatic amines is 1. The van der Waals surface area contributed by atoms with E-state index in [4.69, 9.17) is 11.6 Å². The molecule has 1 N–H and O–H groups in total. The van der Waals surface area contributed by atoms with Crippen LogP contribution in [0.2, 0.25) is 5.02 Å². The van der Waals surface area contributed by atoms with Crippen LogP contribution >= 0.6 is 11.6 Å². The molecule has 0 unspecified atom stereocenters. The maximum Gasteiger partial charge on any atom is 0.179 e. The summed E-state index contributed by atoms with van der Waals surface area (Å²) in [5.74, 6) is 0.810. The van der Waals surface area contributed by atoms with Crippen LogP contribution in [-0.2, 0) is 6.54 Å². The van der Waals surface area contributed by atoms with Gasteiger partial charge < -0.3 is 4.98 Å². The lowest BCUT2D eigenvalue weighted by Gasteiger charge is -2.26. The van der Waals surface area contributed by atoms with Crippen molar-refractivity contribution in [3.8, 4) is 11.4 Å². The molecule has 1 aliphatic rings. The number of pyridine rings is 1. The summed E-state index contributed by atoms with van der Waals surface area (Å²) in [6.07, 6.45) is 5.70. The minimum Gasteiger partial charge on any atom is -0.335 e. The summed E-state index contributed by atoms with van der Waals surface area (Å²) in [5.41, 5.74) is 3.86. The number of aromatic nitrogens is 3. The third-order valence-electron chi connectivity index (χ3n) is 4.42. The number of benzene rings is 1. The predicted octanol–water partition coefficient (Wildman–Crippen LogP) is 4.26. The van der Waals surface area contributed by atoms with Gasteiger partial charge >= 0.3 is 0 Å². The summed E-state index contributed by atoms with van der Waals surface area (Å²) < 4.78 is 0. The number of imidazole rings is 1. The standard InChI is InChI=1S/C18H19ClN4/c19-15-8-9-20-18-16(15)21-17(22-18)14-6-4-13(5-7-14)12-23-10-2-1-3-11-23/h4-9H,1-3,10-12H2,(H,20,21,22). The number of nitrogens with one attached hydrogen (secondary N) is 1. The second-order valence-corrected chi connectivity index (χ2v) is 6.52. The highest BCUT2D eigenvalue weighted by Crippen LogP contribution is 2.24. The Morgan fingerprint density at radius 2 is 1.83 bits per heavy atom. The fourth-order valence-corrected chi connectivity index (χ4v) is 3.35. The maximum absolute atomic E-state index is 6.17. The largest absolute Gasteiger partial charge is 0.335 e. The fourth-order valence-electron chi connectivity index (χ4n) is 3.16. The molecule has 1 aromatic carbocycles. The molecule has 0 aliphatic carbocycles. The van der Waals surface area contributed by atoms with E-state index >= 15 is 0 Å². The lowest BCUT2D eigenvalue weighted by molar-refractivity contribution is 0.221. The van der Waals surface area contributed by atoms with E-state index in [1.807, 2.05) is 0 Å². The average molecular weight is 327 g/mol. The van der Waals surface area contributed by atoms with Crippen LogP contribution in [0.3, 0.4) is 0 Å². The SMILES string of the molecule is Clc1ccnc2nc(-c3ccc(CN4CCCCC4)cc3)[nH]c12. The number of fused-ring (bicyclic) bond motifs is 1. The van der Waals surface area contributed by atoms with E-state index in [1.54, 1.807) is 12.3 Å². The molecular weight excluding hydrogens is 308 g/mol. The molecule has 0 atom stereocenters. The van der Waals surface area contributed by atoms with E-state index in [1.165, 1.54) is 37.9 Å². The van der Waals surface area contributed by atoms with Gasteiger partial charge in [-0.15, -0.1) is 0 Å². The first-order valence-corrected chi connectivity index (χ1v) is 8.49. The number of rotatable bonds is 3. The molecule has 0 saturated carbocycles. The minimum absolute atomic E-state index is 0.649. The van der Waals surface area contributed by atoms with E-state index in [9.17, 15) is 0 Å². The van der Waals surface area contributed by atoms with Gasteiger partial charge in [-0.1, -0.05) is 42.3 Å². The highest BCUT2D eigenvalue weighted by Gasteiger charge is 2.11. The van der Waals surface area contributed by atoms with Gasteiger partial charge in [-0.25, -0.2) is 9.97 Å². The van der Waals surface area contributed by atoms with Gasteiger partial charge in [0.25, 0.3) is 0 Å². The lowest BCUT2D eigenvalue weighted by atomic mass is 10.1. The number of nitrogens with zero attached hydrogens (tertiary/aromatic N) is 3. The molecule has 1 saturated heterocycles. The molecule has 0 bridgehead atoms. The number of halogens is 1. The van der Waals surface area contributed by atoms with Crippen LogP contribution in [0.5, 0.6) is 0 Å². The Bertz CT molecular complexity index is 804. The molecule has 23 heavy (non-hydrogen) atoms. The zero-order valence-corrected chi connectivity index (χ0v) is 13.7. The van der Waals surface area contributed by atoms with Crippen molar-refractivity contribution in [2.24, 2.45) is 0 Å². The van der Waals surface area contributed by atoms with Gasteiger partial charge in [-0.05, 0) is 37.6 Å². The Labute approximate surface area is 140 Å². The first-order valence-electron chi connectivity index (χ1n) is 8.11. The molecular formula is C18H19ClN4. The Balaban J connectivity index is 1.55. The average Bonchev–Trinajstić information content (AvgIpc) is 3.02. The number of piperidine rings is 1. The molecule has 4 rings (SSSR count). The van der Waals surface area contributed by atoms with Crippen molar-refractivity contribution < 1.29 is 0 Å². The van der Waals surface area contributed by atoms with Gasteiger partial charge in [0, 0.05) is 18.3 Å². The Morgan fingerprint density at radius 3 is 2.57 bits per heavy atom. The van der Waals surface area contributed by atoms with Crippen LogP contribution in [-0.4, -0.2) is 32.9 Å². The predicted molar refractivity (Wildman–Crippen MR) is 93.5 cm³/mol. The molecule has 4 nitrogen and oxygen atoms in total. The van der Waals surface area contributed by atoms with Gasteiger partial charge in [0.05, 0.1) is 5.02 Å². The van der Waals surface area contributed by atoms with Gasteiger partial charge in [0.1, 0.15) is 11.3 Å². The second kappa shape index (κ2) is 6.30. The van der Waals surface area contributed by atoms with Crippen LogP contribution in [0.4, 0.5) is 0 Å². The quantitative estimate of drug-likeness (QED) is 0.782. The summed E-state index contributed by atoms with van der Waals surface area (Å²) in [7, 11) is 0. The molecule has 3 aromatic rings. The number of hydrogen-bond donors (Lipinski definition) is 1. The molecule has 5 heteroatoms. The summed E-state index contributed by atoms with van der Waals surface area (Å²) >= 11 is 6.17. The van der Waals surface area contributed by atoms with Crippen LogP contribution in [0, 0.1) is 0 Å². The molecule has 0 radical (unpaired) electrons. The highest BCUT2D eigenvalue weighted by atomic mass is 35.5. The van der Waals surface area contributed by atoms with Crippen molar-refractivity contribution >= 4 is 22.8 Å². The van der Waals surface area contributed by atoms with Crippen molar-refractivity contribution in [2.75, 3.05) is 13.1 Å². The van der Waals surface area contributed by atoms with Gasteiger partial charge in [0.15, 0.2) is 5.65 Å². The fraction of sp³-hybridized carbons (Fsp3) is 0.333. The zero-order chi connectivity index (χ0) is 15.6. The number of likely N-dealkylation sites (tertiary alicyclic amines) is 1. The summed E-state index contributed by atoms with van der Waals surface area (Å²) in [6, 6.07) is 10.4. The van der Waals surface area contributed by atoms with Gasteiger partial charge in [0.2, 0.25) is 0 Å². The lowest BCUT2D eigenvalue weighted by Crippen LogP contribution is -2.28. The molecule has 0 spiro atoms. The van der Waals surface area contributed by atoms with E-state index in [2.05, 4.69) is 44.1 Å². The smallest absolute Gasteiger partial charge is 0.179 e. The van der Waals surface area contributed by atoms with Crippen LogP contribution in [0.1, 0.15) is 24.8 Å². The van der Waals surface area contributed by atoms with Crippen molar-refractivity contribution in [1.29, 1.82) is 0 Å². The van der Waals surface area contributed by atoms with Crippen LogP contribution in [0.25, 0.3) is 22.6 Å².